The van der Waals surface area contributed by atoms with Gasteiger partial charge in [-0.15, -0.1) is 0 Å². The molecule has 1 aromatic rings. The number of hydrogen-bond acceptors (Lipinski definition) is 6. The molecule has 0 saturated heterocycles. The molecule has 1 N–H and O–H groups in total. The fourth-order valence-electron chi connectivity index (χ4n) is 2.99. The highest BCUT2D eigenvalue weighted by molar-refractivity contribution is 5.76. The maximum absolute atomic E-state index is 12.1. The van der Waals surface area contributed by atoms with Crippen molar-refractivity contribution in [1.29, 1.82) is 0 Å². The first-order valence-corrected chi connectivity index (χ1v) is 9.54. The van der Waals surface area contributed by atoms with E-state index in [1.165, 1.54) is 0 Å². The van der Waals surface area contributed by atoms with Crippen molar-refractivity contribution >= 4 is 5.97 Å². The summed E-state index contributed by atoms with van der Waals surface area (Å²) in [7, 11) is 1.63. The third-order valence-corrected chi connectivity index (χ3v) is 4.81. The number of nitrogens with zero attached hydrogens (tertiary/aromatic N) is 3. The predicted molar refractivity (Wildman–Crippen MR) is 109 cm³/mol. The van der Waals surface area contributed by atoms with Gasteiger partial charge in [0, 0.05) is 17.8 Å². The van der Waals surface area contributed by atoms with Crippen LogP contribution in [0.3, 0.4) is 0 Å². The van der Waals surface area contributed by atoms with Crippen molar-refractivity contribution in [2.45, 2.75) is 47.3 Å². The first kappa shape index (κ1) is 20.6. The lowest BCUT2D eigenvalue weighted by molar-refractivity contribution is -0.154. The number of carbonyl (C=O) groups is 1. The highest BCUT2D eigenvalue weighted by atomic mass is 16.5. The normalized spacial score (nSPS) is 11.6. The summed E-state index contributed by atoms with van der Waals surface area (Å²) in [6.45, 7) is 7.83. The molecule has 0 saturated carbocycles. The van der Waals surface area contributed by atoms with E-state index >= 15 is 0 Å². The predicted octanol–water partition coefficient (Wildman–Crippen LogP) is 3.74. The molecule has 3 rings (SSSR count). The Morgan fingerprint density at radius 1 is 1.21 bits per heavy atom. The van der Waals surface area contributed by atoms with Crippen molar-refractivity contribution in [1.82, 2.24) is 14.5 Å². The second kappa shape index (κ2) is 8.11. The Balaban J connectivity index is 1.81. The largest absolute Gasteiger partial charge is 0.497 e. The monoisotopic (exact) mass is 397 g/mol. The molecule has 0 aromatic heterocycles. The molecule has 2 aliphatic heterocycles. The average Bonchev–Trinajstić information content (AvgIpc) is 3.01. The number of aryl methyl sites for hydroxylation is 3. The number of ether oxygens (including phenoxy) is 2. The van der Waals surface area contributed by atoms with Gasteiger partial charge in [0.15, 0.2) is 5.82 Å². The van der Waals surface area contributed by atoms with Crippen LogP contribution in [-0.4, -0.2) is 32.7 Å². The van der Waals surface area contributed by atoms with Crippen LogP contribution < -0.4 is 4.74 Å². The first-order chi connectivity index (χ1) is 13.7. The Hall–Kier alpha value is -3.09. The van der Waals surface area contributed by atoms with Crippen LogP contribution in [-0.2, 0) is 29.1 Å². The average molecular weight is 397 g/mol. The lowest BCUT2D eigenvalue weighted by Crippen LogP contribution is -2.22. The Kier molecular flexibility index (Phi) is 5.77. The van der Waals surface area contributed by atoms with Gasteiger partial charge in [0.2, 0.25) is 5.88 Å². The third-order valence-electron chi connectivity index (χ3n) is 4.81. The fourth-order valence-corrected chi connectivity index (χ4v) is 2.99. The van der Waals surface area contributed by atoms with Gasteiger partial charge < -0.3 is 19.1 Å². The number of rotatable bonds is 6. The van der Waals surface area contributed by atoms with E-state index in [0.29, 0.717) is 29.2 Å². The molecule has 0 spiro atoms. The smallest absolute Gasteiger partial charge is 0.311 e. The van der Waals surface area contributed by atoms with Crippen LogP contribution in [0.1, 0.15) is 37.6 Å². The van der Waals surface area contributed by atoms with E-state index in [2.05, 4.69) is 9.97 Å². The molecule has 0 radical (unpaired) electrons. The lowest BCUT2D eigenvalue weighted by atomic mass is 9.97. The summed E-state index contributed by atoms with van der Waals surface area (Å²) in [5.41, 5.74) is 2.43. The minimum absolute atomic E-state index is 0.0518. The SMILES string of the molecule is COc1ccc(CCn2cnc3nc(C)c(COC(=O)C(C)(C)C)c-3c2O)cc1. The van der Waals surface area contributed by atoms with E-state index in [-0.39, 0.29) is 18.5 Å². The van der Waals surface area contributed by atoms with Gasteiger partial charge in [-0.3, -0.25) is 4.79 Å². The van der Waals surface area contributed by atoms with Crippen LogP contribution in [0.15, 0.2) is 30.6 Å². The summed E-state index contributed by atoms with van der Waals surface area (Å²) >= 11 is 0. The van der Waals surface area contributed by atoms with Gasteiger partial charge in [-0.25, -0.2) is 9.97 Å². The zero-order valence-corrected chi connectivity index (χ0v) is 17.5. The summed E-state index contributed by atoms with van der Waals surface area (Å²) in [4.78, 5) is 20.9. The molecule has 0 bridgehead atoms. The van der Waals surface area contributed by atoms with Crippen molar-refractivity contribution in [2.75, 3.05) is 7.11 Å². The van der Waals surface area contributed by atoms with E-state index in [1.54, 1.807) is 38.8 Å². The van der Waals surface area contributed by atoms with Gasteiger partial charge >= 0.3 is 5.97 Å². The van der Waals surface area contributed by atoms with E-state index in [4.69, 9.17) is 9.47 Å². The second-order valence-electron chi connectivity index (χ2n) is 8.06. The van der Waals surface area contributed by atoms with Gasteiger partial charge in [-0.2, -0.15) is 0 Å². The number of hydrogen-bond donors (Lipinski definition) is 1. The number of aromatic nitrogens is 3. The number of fused-ring (bicyclic) bond motifs is 1. The summed E-state index contributed by atoms with van der Waals surface area (Å²) in [6.07, 6.45) is 2.30. The first-order valence-electron chi connectivity index (χ1n) is 9.54. The van der Waals surface area contributed by atoms with Gasteiger partial charge in [0.1, 0.15) is 12.4 Å². The number of carbonyl (C=O) groups excluding carboxylic acids is 1. The molecular formula is C22H27N3O4. The van der Waals surface area contributed by atoms with Crippen LogP contribution in [0.2, 0.25) is 0 Å². The fraction of sp³-hybridized carbons (Fsp3) is 0.409. The van der Waals surface area contributed by atoms with Crippen molar-refractivity contribution in [3.8, 4) is 23.0 Å². The Labute approximate surface area is 170 Å². The lowest BCUT2D eigenvalue weighted by Gasteiger charge is -2.17. The third kappa shape index (κ3) is 4.50. The Morgan fingerprint density at radius 2 is 1.90 bits per heavy atom. The molecule has 154 valence electrons. The molecule has 0 fully saturated rings. The zero-order chi connectivity index (χ0) is 21.2. The molecule has 0 amide bonds. The maximum atomic E-state index is 12.1. The van der Waals surface area contributed by atoms with E-state index in [9.17, 15) is 9.90 Å². The van der Waals surface area contributed by atoms with E-state index in [0.717, 1.165) is 17.7 Å². The minimum atomic E-state index is -0.595. The van der Waals surface area contributed by atoms with Crippen LogP contribution in [0.5, 0.6) is 11.6 Å². The minimum Gasteiger partial charge on any atom is -0.497 e. The second-order valence-corrected chi connectivity index (χ2v) is 8.06. The zero-order valence-electron chi connectivity index (χ0n) is 17.5. The van der Waals surface area contributed by atoms with Gasteiger partial charge in [-0.05, 0) is 51.8 Å². The number of benzene rings is 1. The van der Waals surface area contributed by atoms with E-state index < -0.39 is 5.41 Å². The molecule has 1 aromatic carbocycles. The van der Waals surface area contributed by atoms with Crippen LogP contribution in [0.4, 0.5) is 0 Å². The van der Waals surface area contributed by atoms with Crippen LogP contribution >= 0.6 is 0 Å². The summed E-state index contributed by atoms with van der Waals surface area (Å²) in [5.74, 6) is 1.02. The van der Waals surface area contributed by atoms with Gasteiger partial charge in [0.25, 0.3) is 0 Å². The van der Waals surface area contributed by atoms with Crippen molar-refractivity contribution in [2.24, 2.45) is 5.41 Å². The van der Waals surface area contributed by atoms with Crippen molar-refractivity contribution in [3.63, 3.8) is 0 Å². The Morgan fingerprint density at radius 3 is 2.52 bits per heavy atom. The number of aromatic hydroxyl groups is 1. The van der Waals surface area contributed by atoms with Crippen molar-refractivity contribution in [3.05, 3.63) is 47.4 Å². The molecule has 7 heteroatoms. The Bertz CT molecular complexity index is 971. The van der Waals surface area contributed by atoms with Crippen LogP contribution in [0, 0.1) is 12.3 Å². The summed E-state index contributed by atoms with van der Waals surface area (Å²) < 4.78 is 12.3. The molecule has 29 heavy (non-hydrogen) atoms. The summed E-state index contributed by atoms with van der Waals surface area (Å²) in [6, 6.07) is 7.81. The standard InChI is InChI=1S/C22H27N3O4/c1-14-17(12-29-21(27)22(2,3)4)18-19(24-14)23-13-25(20(18)26)11-10-15-6-8-16(28-5)9-7-15/h6-9,13,26H,10-12H2,1-5H3. The summed E-state index contributed by atoms with van der Waals surface area (Å²) in [5, 5.41) is 10.9. The molecule has 0 unspecified atom stereocenters. The number of methoxy groups -OCH3 is 1. The molecular weight excluding hydrogens is 370 g/mol. The molecule has 2 heterocycles. The topological polar surface area (TPSA) is 86.5 Å². The highest BCUT2D eigenvalue weighted by Gasteiger charge is 2.27. The number of esters is 1. The molecule has 0 atom stereocenters. The maximum Gasteiger partial charge on any atom is 0.311 e. The van der Waals surface area contributed by atoms with Gasteiger partial charge in [0.05, 0.1) is 24.4 Å². The quantitative estimate of drug-likeness (QED) is 0.638. The van der Waals surface area contributed by atoms with E-state index in [1.807, 2.05) is 31.2 Å². The van der Waals surface area contributed by atoms with Crippen molar-refractivity contribution < 1.29 is 19.4 Å². The molecule has 7 nitrogen and oxygen atoms in total. The molecule has 0 aliphatic carbocycles. The van der Waals surface area contributed by atoms with Gasteiger partial charge in [-0.1, -0.05) is 12.1 Å². The molecule has 2 aliphatic rings. The van der Waals surface area contributed by atoms with Crippen LogP contribution in [0.25, 0.3) is 11.4 Å². The highest BCUT2D eigenvalue weighted by Crippen LogP contribution is 2.35.